The van der Waals surface area contributed by atoms with Crippen molar-refractivity contribution in [1.29, 1.82) is 0 Å². The van der Waals surface area contributed by atoms with Crippen molar-refractivity contribution in [2.45, 2.75) is 19.4 Å². The van der Waals surface area contributed by atoms with E-state index in [1.165, 1.54) is 0 Å². The standard InChI is InChI=1S/C16H20N4O2S/c1-12-10-15(18-13-6-4-3-5-7-13)19-16(17-12)20(2)14-8-9-23(21,22)11-14/h3-7,10,14H,8-9,11H2,1-2H3,(H,17,18,19). The number of nitrogens with one attached hydrogen (secondary N) is 1. The van der Waals surface area contributed by atoms with Gasteiger partial charge in [0.05, 0.1) is 11.5 Å². The second kappa shape index (κ2) is 6.16. The molecule has 0 spiro atoms. The Morgan fingerprint density at radius 1 is 1.22 bits per heavy atom. The third-order valence-corrected chi connectivity index (χ3v) is 5.71. The van der Waals surface area contributed by atoms with Crippen molar-refractivity contribution in [3.8, 4) is 0 Å². The molecule has 1 N–H and O–H groups in total. The van der Waals surface area contributed by atoms with Gasteiger partial charge in [-0.1, -0.05) is 18.2 Å². The molecule has 1 unspecified atom stereocenters. The number of hydrogen-bond acceptors (Lipinski definition) is 6. The van der Waals surface area contributed by atoms with Crippen LogP contribution in [0.25, 0.3) is 0 Å². The Kier molecular flexibility index (Phi) is 4.21. The molecule has 1 aromatic heterocycles. The number of nitrogens with zero attached hydrogens (tertiary/aromatic N) is 3. The summed E-state index contributed by atoms with van der Waals surface area (Å²) >= 11 is 0. The van der Waals surface area contributed by atoms with Crippen LogP contribution in [0, 0.1) is 6.92 Å². The third kappa shape index (κ3) is 3.79. The maximum Gasteiger partial charge on any atom is 0.227 e. The first kappa shape index (κ1) is 15.7. The summed E-state index contributed by atoms with van der Waals surface area (Å²) in [5.41, 5.74) is 1.78. The number of rotatable bonds is 4. The van der Waals surface area contributed by atoms with E-state index in [9.17, 15) is 8.42 Å². The molecule has 122 valence electrons. The van der Waals surface area contributed by atoms with Crippen molar-refractivity contribution in [2.24, 2.45) is 0 Å². The van der Waals surface area contributed by atoms with Crippen LogP contribution in [-0.4, -0.2) is 43.0 Å². The van der Waals surface area contributed by atoms with Crippen LogP contribution in [0.15, 0.2) is 36.4 Å². The smallest absolute Gasteiger partial charge is 0.227 e. The molecule has 0 amide bonds. The topological polar surface area (TPSA) is 75.2 Å². The molecule has 2 aromatic rings. The molecule has 1 fully saturated rings. The van der Waals surface area contributed by atoms with Crippen LogP contribution in [0.5, 0.6) is 0 Å². The van der Waals surface area contributed by atoms with Crippen molar-refractivity contribution in [3.05, 3.63) is 42.1 Å². The van der Waals surface area contributed by atoms with E-state index < -0.39 is 9.84 Å². The first-order valence-electron chi connectivity index (χ1n) is 7.54. The number of para-hydroxylation sites is 1. The summed E-state index contributed by atoms with van der Waals surface area (Å²) in [6.07, 6.45) is 0.623. The van der Waals surface area contributed by atoms with E-state index in [2.05, 4.69) is 15.3 Å². The molecule has 3 rings (SSSR count). The number of aromatic nitrogens is 2. The fraction of sp³-hybridized carbons (Fsp3) is 0.375. The summed E-state index contributed by atoms with van der Waals surface area (Å²) in [4.78, 5) is 10.8. The highest BCUT2D eigenvalue weighted by Gasteiger charge is 2.31. The Bertz CT molecular complexity index is 793. The number of aryl methyl sites for hydroxylation is 1. The molecular formula is C16H20N4O2S. The van der Waals surface area contributed by atoms with Gasteiger partial charge in [0.1, 0.15) is 5.82 Å². The number of benzene rings is 1. The average Bonchev–Trinajstić information content (AvgIpc) is 2.87. The summed E-state index contributed by atoms with van der Waals surface area (Å²) < 4.78 is 23.3. The lowest BCUT2D eigenvalue weighted by Gasteiger charge is -2.24. The average molecular weight is 332 g/mol. The highest BCUT2D eigenvalue weighted by molar-refractivity contribution is 7.91. The van der Waals surface area contributed by atoms with Gasteiger partial charge in [-0.3, -0.25) is 0 Å². The molecule has 1 aliphatic heterocycles. The molecule has 1 atom stereocenters. The second-order valence-electron chi connectivity index (χ2n) is 5.85. The molecule has 6 nitrogen and oxygen atoms in total. The van der Waals surface area contributed by atoms with Gasteiger partial charge in [0.2, 0.25) is 5.95 Å². The van der Waals surface area contributed by atoms with E-state index in [1.807, 2.05) is 55.3 Å². The van der Waals surface area contributed by atoms with Crippen LogP contribution in [0.4, 0.5) is 17.5 Å². The van der Waals surface area contributed by atoms with Gasteiger partial charge in [-0.25, -0.2) is 13.4 Å². The third-order valence-electron chi connectivity index (χ3n) is 3.96. The van der Waals surface area contributed by atoms with E-state index >= 15 is 0 Å². The van der Waals surface area contributed by atoms with Gasteiger partial charge in [-0.2, -0.15) is 4.98 Å². The van der Waals surface area contributed by atoms with Gasteiger partial charge in [0.25, 0.3) is 0 Å². The van der Waals surface area contributed by atoms with Crippen LogP contribution in [0.2, 0.25) is 0 Å². The number of sulfone groups is 1. The van der Waals surface area contributed by atoms with Crippen LogP contribution < -0.4 is 10.2 Å². The fourth-order valence-electron chi connectivity index (χ4n) is 2.69. The Morgan fingerprint density at radius 2 is 1.96 bits per heavy atom. The van der Waals surface area contributed by atoms with Gasteiger partial charge >= 0.3 is 0 Å². The summed E-state index contributed by atoms with van der Waals surface area (Å²) in [6, 6.07) is 11.6. The van der Waals surface area contributed by atoms with Crippen LogP contribution >= 0.6 is 0 Å². The van der Waals surface area contributed by atoms with Crippen LogP contribution in [-0.2, 0) is 9.84 Å². The Balaban J connectivity index is 1.83. The molecule has 0 aliphatic carbocycles. The highest BCUT2D eigenvalue weighted by atomic mass is 32.2. The first-order valence-corrected chi connectivity index (χ1v) is 9.36. The van der Waals surface area contributed by atoms with Crippen molar-refractivity contribution < 1.29 is 8.42 Å². The SMILES string of the molecule is Cc1cc(Nc2ccccc2)nc(N(C)C2CCS(=O)(=O)C2)n1. The zero-order valence-electron chi connectivity index (χ0n) is 13.2. The van der Waals surface area contributed by atoms with Crippen molar-refractivity contribution in [2.75, 3.05) is 28.8 Å². The van der Waals surface area contributed by atoms with Crippen LogP contribution in [0.1, 0.15) is 12.1 Å². The lowest BCUT2D eigenvalue weighted by Crippen LogP contribution is -2.34. The zero-order chi connectivity index (χ0) is 16.4. The molecule has 2 heterocycles. The minimum atomic E-state index is -2.93. The molecule has 0 bridgehead atoms. The van der Waals surface area contributed by atoms with E-state index in [4.69, 9.17) is 0 Å². The zero-order valence-corrected chi connectivity index (χ0v) is 14.0. The summed E-state index contributed by atoms with van der Waals surface area (Å²) in [7, 11) is -1.08. The predicted octanol–water partition coefficient (Wildman–Crippen LogP) is 2.15. The lowest BCUT2D eigenvalue weighted by atomic mass is 10.2. The summed E-state index contributed by atoms with van der Waals surface area (Å²) in [5, 5.41) is 3.25. The number of hydrogen-bond donors (Lipinski definition) is 1. The molecule has 0 saturated carbocycles. The highest BCUT2D eigenvalue weighted by Crippen LogP contribution is 2.23. The Morgan fingerprint density at radius 3 is 2.61 bits per heavy atom. The van der Waals surface area contributed by atoms with E-state index in [0.29, 0.717) is 18.2 Å². The molecule has 23 heavy (non-hydrogen) atoms. The van der Waals surface area contributed by atoms with Gasteiger partial charge in [0.15, 0.2) is 9.84 Å². The molecule has 1 aromatic carbocycles. The predicted molar refractivity (Wildman–Crippen MR) is 92.0 cm³/mol. The van der Waals surface area contributed by atoms with Crippen molar-refractivity contribution in [1.82, 2.24) is 9.97 Å². The maximum absolute atomic E-state index is 11.7. The fourth-order valence-corrected chi connectivity index (χ4v) is 4.46. The monoisotopic (exact) mass is 332 g/mol. The Labute approximate surface area is 136 Å². The van der Waals surface area contributed by atoms with E-state index in [0.717, 1.165) is 11.4 Å². The van der Waals surface area contributed by atoms with Crippen LogP contribution in [0.3, 0.4) is 0 Å². The van der Waals surface area contributed by atoms with Gasteiger partial charge in [-0.15, -0.1) is 0 Å². The largest absolute Gasteiger partial charge is 0.340 e. The molecular weight excluding hydrogens is 312 g/mol. The molecule has 1 saturated heterocycles. The van der Waals surface area contributed by atoms with Gasteiger partial charge in [0, 0.05) is 30.5 Å². The van der Waals surface area contributed by atoms with Crippen molar-refractivity contribution >= 4 is 27.3 Å². The van der Waals surface area contributed by atoms with E-state index in [1.54, 1.807) is 0 Å². The Hall–Kier alpha value is -2.15. The summed E-state index contributed by atoms with van der Waals surface area (Å²) in [5.74, 6) is 1.66. The minimum absolute atomic E-state index is 0.0635. The quantitative estimate of drug-likeness (QED) is 0.925. The molecule has 0 radical (unpaired) electrons. The normalized spacial score (nSPS) is 19.5. The first-order chi connectivity index (χ1) is 10.9. The van der Waals surface area contributed by atoms with Gasteiger partial charge < -0.3 is 10.2 Å². The van der Waals surface area contributed by atoms with Gasteiger partial charge in [-0.05, 0) is 25.5 Å². The number of anilines is 3. The summed E-state index contributed by atoms with van der Waals surface area (Å²) in [6.45, 7) is 1.90. The maximum atomic E-state index is 11.7. The lowest BCUT2D eigenvalue weighted by molar-refractivity contribution is 0.600. The molecule has 7 heteroatoms. The van der Waals surface area contributed by atoms with E-state index in [-0.39, 0.29) is 17.5 Å². The molecule has 1 aliphatic rings. The second-order valence-corrected chi connectivity index (χ2v) is 8.08. The van der Waals surface area contributed by atoms with Crippen molar-refractivity contribution in [3.63, 3.8) is 0 Å². The minimum Gasteiger partial charge on any atom is -0.340 e.